The van der Waals surface area contributed by atoms with Crippen molar-refractivity contribution in [2.45, 2.75) is 18.5 Å². The van der Waals surface area contributed by atoms with E-state index in [4.69, 9.17) is 10.5 Å². The fraction of sp³-hybridized carbons (Fsp3) is 0.818. The predicted octanol–water partition coefficient (Wildman–Crippen LogP) is -0.136. The van der Waals surface area contributed by atoms with Crippen LogP contribution in [-0.2, 0) is 4.74 Å². The number of nitrogens with two attached hydrogens (primary N) is 1. The summed E-state index contributed by atoms with van der Waals surface area (Å²) < 4.78 is 5.54. The van der Waals surface area contributed by atoms with Crippen molar-refractivity contribution in [3.63, 3.8) is 0 Å². The molecule has 86 valence electrons. The van der Waals surface area contributed by atoms with E-state index in [0.717, 1.165) is 38.4 Å². The first kappa shape index (κ1) is 10.9. The molecule has 2 aliphatic heterocycles. The van der Waals surface area contributed by atoms with E-state index >= 15 is 0 Å². The first-order valence-electron chi connectivity index (χ1n) is 5.65. The topological polar surface area (TPSA) is 41.7 Å². The van der Waals surface area contributed by atoms with E-state index in [1.54, 1.807) is 0 Å². The number of likely N-dealkylation sites (N-methyl/N-ethyl adjacent to an activating group) is 2. The Labute approximate surface area is 91.7 Å². The van der Waals surface area contributed by atoms with Gasteiger partial charge in [-0.05, 0) is 20.2 Å². The third-order valence-electron chi connectivity index (χ3n) is 3.37. The molecule has 2 heterocycles. The zero-order chi connectivity index (χ0) is 10.8. The largest absolute Gasteiger partial charge is 0.496 e. The molecular weight excluding hydrogens is 190 g/mol. The Morgan fingerprint density at radius 3 is 2.93 bits per heavy atom. The Balaban J connectivity index is 2.00. The van der Waals surface area contributed by atoms with Crippen LogP contribution in [0.25, 0.3) is 0 Å². The molecule has 2 rings (SSSR count). The molecule has 2 N–H and O–H groups in total. The van der Waals surface area contributed by atoms with Gasteiger partial charge in [0, 0.05) is 32.1 Å². The molecule has 2 atom stereocenters. The highest BCUT2D eigenvalue weighted by Crippen LogP contribution is 2.19. The van der Waals surface area contributed by atoms with E-state index in [2.05, 4.69) is 30.0 Å². The molecule has 0 bridgehead atoms. The van der Waals surface area contributed by atoms with E-state index in [1.807, 2.05) is 0 Å². The van der Waals surface area contributed by atoms with Crippen LogP contribution in [0.15, 0.2) is 11.8 Å². The van der Waals surface area contributed by atoms with Gasteiger partial charge in [0.05, 0.1) is 12.6 Å². The average molecular weight is 211 g/mol. The molecule has 0 amide bonds. The summed E-state index contributed by atoms with van der Waals surface area (Å²) in [5, 5.41) is 0. The van der Waals surface area contributed by atoms with Crippen molar-refractivity contribution in [1.29, 1.82) is 0 Å². The van der Waals surface area contributed by atoms with Gasteiger partial charge in [-0.1, -0.05) is 0 Å². The lowest BCUT2D eigenvalue weighted by atomic mass is 10.0. The molecule has 1 fully saturated rings. The van der Waals surface area contributed by atoms with Gasteiger partial charge in [-0.15, -0.1) is 0 Å². The van der Waals surface area contributed by atoms with Gasteiger partial charge in [-0.2, -0.15) is 0 Å². The molecule has 0 aromatic heterocycles. The van der Waals surface area contributed by atoms with Gasteiger partial charge >= 0.3 is 0 Å². The highest BCUT2D eigenvalue weighted by molar-refractivity contribution is 5.11. The Kier molecular flexibility index (Phi) is 3.29. The molecule has 4 heteroatoms. The van der Waals surface area contributed by atoms with Crippen molar-refractivity contribution in [2.75, 3.05) is 40.3 Å². The Morgan fingerprint density at radius 1 is 1.47 bits per heavy atom. The van der Waals surface area contributed by atoms with Crippen molar-refractivity contribution in [2.24, 2.45) is 5.73 Å². The van der Waals surface area contributed by atoms with Gasteiger partial charge in [0.1, 0.15) is 5.76 Å². The zero-order valence-electron chi connectivity index (χ0n) is 9.65. The van der Waals surface area contributed by atoms with Gasteiger partial charge in [-0.25, -0.2) is 0 Å². The Bertz CT molecular complexity index is 254. The minimum absolute atomic E-state index is 0.0280. The molecule has 2 aliphatic rings. The van der Waals surface area contributed by atoms with Crippen molar-refractivity contribution in [1.82, 2.24) is 9.80 Å². The molecular formula is C11H21N3O. The van der Waals surface area contributed by atoms with Gasteiger partial charge in [0.2, 0.25) is 0 Å². The van der Waals surface area contributed by atoms with Crippen molar-refractivity contribution in [3.8, 4) is 0 Å². The number of ether oxygens (including phenoxy) is 1. The third-order valence-corrected chi connectivity index (χ3v) is 3.37. The fourth-order valence-electron chi connectivity index (χ4n) is 2.29. The van der Waals surface area contributed by atoms with Crippen LogP contribution in [0.5, 0.6) is 0 Å². The van der Waals surface area contributed by atoms with Gasteiger partial charge in [-0.3, -0.25) is 4.90 Å². The zero-order valence-corrected chi connectivity index (χ0v) is 9.65. The number of piperazine rings is 1. The second kappa shape index (κ2) is 4.51. The third kappa shape index (κ3) is 2.33. The molecule has 15 heavy (non-hydrogen) atoms. The fourth-order valence-corrected chi connectivity index (χ4v) is 2.29. The molecule has 1 saturated heterocycles. The summed E-state index contributed by atoms with van der Waals surface area (Å²) >= 11 is 0. The first-order valence-corrected chi connectivity index (χ1v) is 5.65. The lowest BCUT2D eigenvalue weighted by molar-refractivity contribution is 0.0879. The SMILES string of the molecule is CN1CCN(C)C(C(N)C2=CCCO2)C1. The normalized spacial score (nSPS) is 31.1. The number of rotatable bonds is 2. The predicted molar refractivity (Wildman–Crippen MR) is 60.5 cm³/mol. The summed E-state index contributed by atoms with van der Waals surface area (Å²) in [4.78, 5) is 4.67. The number of hydrogen-bond donors (Lipinski definition) is 1. The second-order valence-corrected chi connectivity index (χ2v) is 4.58. The molecule has 0 aromatic carbocycles. The first-order chi connectivity index (χ1) is 7.18. The summed E-state index contributed by atoms with van der Waals surface area (Å²) in [5.41, 5.74) is 6.24. The molecule has 0 radical (unpaired) electrons. The summed E-state index contributed by atoms with van der Waals surface area (Å²) in [6.07, 6.45) is 3.14. The maximum atomic E-state index is 6.24. The number of nitrogens with zero attached hydrogens (tertiary/aromatic N) is 2. The molecule has 0 aliphatic carbocycles. The van der Waals surface area contributed by atoms with Crippen molar-refractivity contribution in [3.05, 3.63) is 11.8 Å². The summed E-state index contributed by atoms with van der Waals surface area (Å²) in [6.45, 7) is 4.04. The van der Waals surface area contributed by atoms with Crippen LogP contribution in [0, 0.1) is 0 Å². The van der Waals surface area contributed by atoms with Crippen LogP contribution >= 0.6 is 0 Å². The van der Waals surface area contributed by atoms with Crippen LogP contribution in [0.1, 0.15) is 6.42 Å². The van der Waals surface area contributed by atoms with E-state index in [9.17, 15) is 0 Å². The molecule has 0 saturated carbocycles. The van der Waals surface area contributed by atoms with Gasteiger partial charge in [0.15, 0.2) is 0 Å². The Hall–Kier alpha value is -0.580. The van der Waals surface area contributed by atoms with E-state index in [0.29, 0.717) is 6.04 Å². The van der Waals surface area contributed by atoms with E-state index in [1.165, 1.54) is 0 Å². The average Bonchev–Trinajstić information content (AvgIpc) is 2.74. The lowest BCUT2D eigenvalue weighted by Crippen LogP contribution is -2.58. The highest BCUT2D eigenvalue weighted by Gasteiger charge is 2.31. The molecule has 2 unspecified atom stereocenters. The maximum Gasteiger partial charge on any atom is 0.110 e. The number of hydrogen-bond acceptors (Lipinski definition) is 4. The quantitative estimate of drug-likeness (QED) is 0.690. The van der Waals surface area contributed by atoms with Crippen LogP contribution < -0.4 is 5.73 Å². The highest BCUT2D eigenvalue weighted by atomic mass is 16.5. The molecule has 0 spiro atoms. The summed E-state index contributed by atoms with van der Waals surface area (Å²) in [7, 11) is 4.30. The standard InChI is InChI=1S/C11H21N3O/c1-13-5-6-14(2)9(8-13)11(12)10-4-3-7-15-10/h4,9,11H,3,5-8,12H2,1-2H3. The van der Waals surface area contributed by atoms with Crippen LogP contribution in [0.2, 0.25) is 0 Å². The van der Waals surface area contributed by atoms with Crippen LogP contribution in [0.4, 0.5) is 0 Å². The summed E-state index contributed by atoms with van der Waals surface area (Å²) in [5.74, 6) is 0.988. The van der Waals surface area contributed by atoms with Crippen molar-refractivity contribution < 1.29 is 4.74 Å². The Morgan fingerprint density at radius 2 is 2.27 bits per heavy atom. The minimum atomic E-state index is 0.0280. The monoisotopic (exact) mass is 211 g/mol. The van der Waals surface area contributed by atoms with Gasteiger partial charge < -0.3 is 15.4 Å². The van der Waals surface area contributed by atoms with E-state index < -0.39 is 0 Å². The van der Waals surface area contributed by atoms with Crippen molar-refractivity contribution >= 4 is 0 Å². The van der Waals surface area contributed by atoms with Crippen LogP contribution in [-0.4, -0.2) is 62.2 Å². The van der Waals surface area contributed by atoms with Crippen LogP contribution in [0.3, 0.4) is 0 Å². The maximum absolute atomic E-state index is 6.24. The second-order valence-electron chi connectivity index (χ2n) is 4.58. The lowest BCUT2D eigenvalue weighted by Gasteiger charge is -2.40. The van der Waals surface area contributed by atoms with Gasteiger partial charge in [0.25, 0.3) is 0 Å². The molecule has 4 nitrogen and oxygen atoms in total. The minimum Gasteiger partial charge on any atom is -0.496 e. The smallest absolute Gasteiger partial charge is 0.110 e. The van der Waals surface area contributed by atoms with E-state index in [-0.39, 0.29) is 6.04 Å². The summed E-state index contributed by atoms with van der Waals surface area (Å²) in [6, 6.07) is 0.411. The molecule has 0 aromatic rings.